The Kier molecular flexibility index (Phi) is 6.69. The predicted octanol–water partition coefficient (Wildman–Crippen LogP) is 1.91. The topological polar surface area (TPSA) is 94.1 Å². The summed E-state index contributed by atoms with van der Waals surface area (Å²) < 4.78 is 8.71. The zero-order chi connectivity index (χ0) is 16.8. The number of hydrogen-bond acceptors (Lipinski definition) is 7. The third-order valence-electron chi connectivity index (χ3n) is 2.09. The molecule has 0 spiro atoms. The van der Waals surface area contributed by atoms with Gasteiger partial charge in [-0.3, -0.25) is 0 Å². The van der Waals surface area contributed by atoms with E-state index in [-0.39, 0.29) is 5.41 Å². The Hall–Kier alpha value is -1.76. The number of carboxylic acid groups (broad SMARTS) is 1. The first-order valence-electron chi connectivity index (χ1n) is 6.45. The summed E-state index contributed by atoms with van der Waals surface area (Å²) in [7, 11) is 0. The SMILES string of the molecule is C=C(OOC(C)(C)CC(C)(C)C)C(=O)OC(C)OC(=O)[O-]. The highest BCUT2D eigenvalue weighted by molar-refractivity contribution is 5.85. The van der Waals surface area contributed by atoms with E-state index in [0.29, 0.717) is 6.42 Å². The average Bonchev–Trinajstić information content (AvgIpc) is 2.21. The molecule has 1 unspecified atom stereocenters. The summed E-state index contributed by atoms with van der Waals surface area (Å²) >= 11 is 0. The van der Waals surface area contributed by atoms with Crippen LogP contribution in [0, 0.1) is 5.41 Å². The van der Waals surface area contributed by atoms with Crippen molar-refractivity contribution in [2.75, 3.05) is 0 Å². The van der Waals surface area contributed by atoms with E-state index in [1.165, 1.54) is 6.92 Å². The molecule has 0 aromatic heterocycles. The van der Waals surface area contributed by atoms with Crippen LogP contribution in [-0.4, -0.2) is 24.0 Å². The summed E-state index contributed by atoms with van der Waals surface area (Å²) in [5, 5.41) is 10.1. The molecule has 0 N–H and O–H groups in total. The first-order valence-corrected chi connectivity index (χ1v) is 6.45. The number of rotatable bonds is 7. The first kappa shape index (κ1) is 19.2. The van der Waals surface area contributed by atoms with Crippen molar-refractivity contribution in [1.82, 2.24) is 0 Å². The largest absolute Gasteiger partial charge is 0.511 e. The summed E-state index contributed by atoms with van der Waals surface area (Å²) in [6.07, 6.45) is -2.46. The second-order valence-electron chi connectivity index (χ2n) is 6.43. The van der Waals surface area contributed by atoms with E-state index in [2.05, 4.69) is 16.1 Å². The van der Waals surface area contributed by atoms with Crippen LogP contribution in [0.2, 0.25) is 0 Å². The molecule has 1 atom stereocenters. The van der Waals surface area contributed by atoms with Crippen molar-refractivity contribution >= 4 is 12.1 Å². The molecule has 0 fully saturated rings. The van der Waals surface area contributed by atoms with E-state index in [1.807, 2.05) is 20.8 Å². The third-order valence-corrected chi connectivity index (χ3v) is 2.09. The van der Waals surface area contributed by atoms with E-state index in [9.17, 15) is 14.7 Å². The minimum Gasteiger partial charge on any atom is -0.511 e. The number of ether oxygens (including phenoxy) is 2. The third kappa shape index (κ3) is 9.73. The van der Waals surface area contributed by atoms with Crippen LogP contribution in [0.4, 0.5) is 4.79 Å². The molecule has 21 heavy (non-hydrogen) atoms. The lowest BCUT2D eigenvalue weighted by molar-refractivity contribution is -0.332. The van der Waals surface area contributed by atoms with Gasteiger partial charge in [-0.2, -0.15) is 4.89 Å². The van der Waals surface area contributed by atoms with Gasteiger partial charge in [0.2, 0.25) is 5.76 Å². The van der Waals surface area contributed by atoms with Gasteiger partial charge in [-0.25, -0.2) is 4.79 Å². The van der Waals surface area contributed by atoms with Crippen LogP contribution in [0.25, 0.3) is 0 Å². The lowest BCUT2D eigenvalue weighted by Crippen LogP contribution is -2.32. The zero-order valence-electron chi connectivity index (χ0n) is 13.3. The maximum absolute atomic E-state index is 11.5. The van der Waals surface area contributed by atoms with Crippen molar-refractivity contribution < 1.29 is 33.9 Å². The summed E-state index contributed by atoms with van der Waals surface area (Å²) in [4.78, 5) is 31.7. The highest BCUT2D eigenvalue weighted by Crippen LogP contribution is 2.30. The minimum absolute atomic E-state index is 0.00550. The van der Waals surface area contributed by atoms with Crippen LogP contribution in [0.5, 0.6) is 0 Å². The van der Waals surface area contributed by atoms with E-state index in [0.717, 1.165) is 0 Å². The monoisotopic (exact) mass is 303 g/mol. The van der Waals surface area contributed by atoms with Gasteiger partial charge in [0.05, 0.1) is 0 Å². The molecule has 0 aliphatic heterocycles. The van der Waals surface area contributed by atoms with Gasteiger partial charge in [0.1, 0.15) is 5.60 Å². The fourth-order valence-electron chi connectivity index (χ4n) is 1.88. The normalized spacial score (nSPS) is 13.2. The molecule has 0 radical (unpaired) electrons. The van der Waals surface area contributed by atoms with Crippen LogP contribution >= 0.6 is 0 Å². The molecule has 0 aromatic rings. The van der Waals surface area contributed by atoms with E-state index < -0.39 is 29.8 Å². The lowest BCUT2D eigenvalue weighted by atomic mass is 9.84. The molecule has 0 aromatic carbocycles. The standard InChI is InChI=1S/C14H24O7/c1-9(11(15)18-10(2)19-12(16)17)20-21-14(6,7)8-13(3,4)5/h10H,1,8H2,2-7H3,(H,16,17)/p-1. The number of carbonyl (C=O) groups is 2. The summed E-state index contributed by atoms with van der Waals surface area (Å²) in [6.45, 7) is 14.3. The van der Waals surface area contributed by atoms with Gasteiger partial charge in [0.25, 0.3) is 6.16 Å². The van der Waals surface area contributed by atoms with Crippen LogP contribution in [-0.2, 0) is 24.0 Å². The summed E-state index contributed by atoms with van der Waals surface area (Å²) in [5.41, 5.74) is -0.639. The van der Waals surface area contributed by atoms with Crippen LogP contribution in [0.3, 0.4) is 0 Å². The Labute approximate surface area is 124 Å². The maximum Gasteiger partial charge on any atom is 0.379 e. The van der Waals surface area contributed by atoms with Crippen LogP contribution in [0.15, 0.2) is 12.3 Å². The van der Waals surface area contributed by atoms with Gasteiger partial charge in [0, 0.05) is 0 Å². The molecule has 7 heteroatoms. The highest BCUT2D eigenvalue weighted by atomic mass is 17.2. The molecule has 122 valence electrons. The lowest BCUT2D eigenvalue weighted by Gasteiger charge is -2.30. The van der Waals surface area contributed by atoms with Crippen LogP contribution < -0.4 is 5.11 Å². The van der Waals surface area contributed by atoms with E-state index in [1.54, 1.807) is 13.8 Å². The Bertz CT molecular complexity index is 393. The Morgan fingerprint density at radius 3 is 2.10 bits per heavy atom. The quantitative estimate of drug-likeness (QED) is 0.177. The van der Waals surface area contributed by atoms with Crippen molar-refractivity contribution in [2.24, 2.45) is 5.41 Å². The fraction of sp³-hybridized carbons (Fsp3) is 0.714. The van der Waals surface area contributed by atoms with Crippen molar-refractivity contribution in [3.63, 3.8) is 0 Å². The Morgan fingerprint density at radius 1 is 1.14 bits per heavy atom. The molecule has 0 saturated heterocycles. The van der Waals surface area contributed by atoms with Crippen molar-refractivity contribution in [3.05, 3.63) is 12.3 Å². The number of hydrogen-bond donors (Lipinski definition) is 0. The molecule has 0 bridgehead atoms. The molecule has 7 nitrogen and oxygen atoms in total. The Balaban J connectivity index is 4.31. The van der Waals surface area contributed by atoms with Crippen molar-refractivity contribution in [3.8, 4) is 0 Å². The summed E-state index contributed by atoms with van der Waals surface area (Å²) in [6, 6.07) is 0. The van der Waals surface area contributed by atoms with E-state index >= 15 is 0 Å². The molecule has 0 aliphatic carbocycles. The number of carbonyl (C=O) groups excluding carboxylic acids is 2. The maximum atomic E-state index is 11.5. The van der Waals surface area contributed by atoms with Gasteiger partial charge < -0.3 is 24.3 Å². The van der Waals surface area contributed by atoms with Gasteiger partial charge in [-0.1, -0.05) is 20.8 Å². The second-order valence-corrected chi connectivity index (χ2v) is 6.43. The molecular weight excluding hydrogens is 280 g/mol. The molecular formula is C14H23O7-. The second kappa shape index (κ2) is 7.31. The number of esters is 1. The van der Waals surface area contributed by atoms with Gasteiger partial charge in [-0.05, 0) is 39.2 Å². The minimum atomic E-state index is -1.80. The van der Waals surface area contributed by atoms with Crippen molar-refractivity contribution in [2.45, 2.75) is 59.9 Å². The highest BCUT2D eigenvalue weighted by Gasteiger charge is 2.29. The van der Waals surface area contributed by atoms with E-state index in [4.69, 9.17) is 9.78 Å². The zero-order valence-corrected chi connectivity index (χ0v) is 13.3. The first-order chi connectivity index (χ1) is 9.32. The summed E-state index contributed by atoms with van der Waals surface area (Å²) in [5.74, 6) is -1.40. The van der Waals surface area contributed by atoms with Crippen molar-refractivity contribution in [1.29, 1.82) is 0 Å². The Morgan fingerprint density at radius 2 is 1.67 bits per heavy atom. The van der Waals surface area contributed by atoms with Gasteiger partial charge in [0.15, 0.2) is 6.29 Å². The fourth-order valence-corrected chi connectivity index (χ4v) is 1.88. The molecule has 0 heterocycles. The smallest absolute Gasteiger partial charge is 0.379 e. The molecule has 0 aliphatic rings. The van der Waals surface area contributed by atoms with Gasteiger partial charge in [-0.15, -0.1) is 0 Å². The average molecular weight is 303 g/mol. The van der Waals surface area contributed by atoms with Gasteiger partial charge >= 0.3 is 5.97 Å². The molecule has 0 amide bonds. The molecule has 0 rings (SSSR count). The van der Waals surface area contributed by atoms with Crippen LogP contribution in [0.1, 0.15) is 48.0 Å². The predicted molar refractivity (Wildman–Crippen MR) is 71.5 cm³/mol. The molecule has 0 saturated carbocycles.